The Balaban J connectivity index is 1.95. The minimum atomic E-state index is -0.942. The quantitative estimate of drug-likeness (QED) is 0.805. The fourth-order valence-corrected chi connectivity index (χ4v) is 2.45. The van der Waals surface area contributed by atoms with Crippen LogP contribution in [0.4, 0.5) is 4.79 Å². The number of aryl methyl sites for hydroxylation is 2. The minimum absolute atomic E-state index is 0.0170. The molecule has 0 aromatic heterocycles. The summed E-state index contributed by atoms with van der Waals surface area (Å²) < 4.78 is 5.64. The number of β-amino-alcohol motifs (C(OH)–C–C–N with tert-alkyl or cyclic N) is 1. The van der Waals surface area contributed by atoms with E-state index in [1.54, 1.807) is 13.8 Å². The lowest BCUT2D eigenvalue weighted by atomic mass is 10.1. The van der Waals surface area contributed by atoms with E-state index in [1.807, 2.05) is 32.0 Å². The second-order valence-corrected chi connectivity index (χ2v) is 6.16. The van der Waals surface area contributed by atoms with Gasteiger partial charge in [0.1, 0.15) is 24.0 Å². The van der Waals surface area contributed by atoms with Crippen LogP contribution in [0.15, 0.2) is 18.2 Å². The minimum Gasteiger partial charge on any atom is -0.490 e. The van der Waals surface area contributed by atoms with E-state index in [1.165, 1.54) is 0 Å². The van der Waals surface area contributed by atoms with E-state index in [0.717, 1.165) is 21.8 Å². The van der Waals surface area contributed by atoms with Crippen molar-refractivity contribution in [1.29, 1.82) is 0 Å². The van der Waals surface area contributed by atoms with E-state index in [9.17, 15) is 14.7 Å². The third-order valence-corrected chi connectivity index (χ3v) is 3.67. The molecule has 1 saturated heterocycles. The summed E-state index contributed by atoms with van der Waals surface area (Å²) in [6.45, 7) is 7.05. The second kappa shape index (κ2) is 5.96. The Morgan fingerprint density at radius 1 is 1.27 bits per heavy atom. The van der Waals surface area contributed by atoms with E-state index >= 15 is 0 Å². The summed E-state index contributed by atoms with van der Waals surface area (Å²) in [5.41, 5.74) is 1.02. The van der Waals surface area contributed by atoms with Crippen LogP contribution in [0, 0.1) is 13.8 Å². The van der Waals surface area contributed by atoms with Crippen molar-refractivity contribution in [3.8, 4) is 5.75 Å². The Labute approximate surface area is 130 Å². The molecule has 2 N–H and O–H groups in total. The predicted octanol–water partition coefficient (Wildman–Crippen LogP) is 1.37. The molecule has 1 aliphatic rings. The van der Waals surface area contributed by atoms with Gasteiger partial charge in [-0.25, -0.2) is 4.79 Å². The summed E-state index contributed by atoms with van der Waals surface area (Å²) in [5, 5.41) is 12.6. The zero-order valence-corrected chi connectivity index (χ0v) is 13.3. The first-order valence-electron chi connectivity index (χ1n) is 7.23. The number of nitrogens with one attached hydrogen (secondary N) is 1. The molecule has 22 heavy (non-hydrogen) atoms. The molecule has 3 amide bonds. The van der Waals surface area contributed by atoms with E-state index in [-0.39, 0.29) is 19.1 Å². The monoisotopic (exact) mass is 306 g/mol. The molecule has 1 unspecified atom stereocenters. The number of rotatable bonds is 5. The molecule has 1 aromatic carbocycles. The molecule has 0 radical (unpaired) electrons. The number of ether oxygens (including phenoxy) is 1. The van der Waals surface area contributed by atoms with Crippen LogP contribution < -0.4 is 10.1 Å². The summed E-state index contributed by atoms with van der Waals surface area (Å²) in [6, 6.07) is 5.30. The van der Waals surface area contributed by atoms with Crippen LogP contribution in [-0.2, 0) is 4.79 Å². The smallest absolute Gasteiger partial charge is 0.325 e. The van der Waals surface area contributed by atoms with Crippen LogP contribution >= 0.6 is 0 Å². The maximum Gasteiger partial charge on any atom is 0.325 e. The molecular weight excluding hydrogens is 284 g/mol. The molecule has 1 atom stereocenters. The molecule has 2 rings (SSSR count). The molecular formula is C16H22N2O4. The van der Waals surface area contributed by atoms with Crippen LogP contribution in [0.3, 0.4) is 0 Å². The zero-order valence-electron chi connectivity index (χ0n) is 13.3. The van der Waals surface area contributed by atoms with Gasteiger partial charge in [0.25, 0.3) is 5.91 Å². The van der Waals surface area contributed by atoms with Crippen molar-refractivity contribution in [1.82, 2.24) is 10.2 Å². The van der Waals surface area contributed by atoms with E-state index in [4.69, 9.17) is 4.74 Å². The summed E-state index contributed by atoms with van der Waals surface area (Å²) in [5.74, 6) is 0.378. The molecule has 0 spiro atoms. The van der Waals surface area contributed by atoms with Crippen LogP contribution in [0.2, 0.25) is 0 Å². The summed E-state index contributed by atoms with van der Waals surface area (Å²) >= 11 is 0. The average Bonchev–Trinajstić information content (AvgIpc) is 2.60. The topological polar surface area (TPSA) is 78.9 Å². The van der Waals surface area contributed by atoms with Gasteiger partial charge in [0, 0.05) is 0 Å². The Hall–Kier alpha value is -2.08. The predicted molar refractivity (Wildman–Crippen MR) is 81.7 cm³/mol. The number of imide groups is 1. The molecule has 1 aromatic rings. The van der Waals surface area contributed by atoms with Gasteiger partial charge in [0.15, 0.2) is 0 Å². The second-order valence-electron chi connectivity index (χ2n) is 6.16. The number of hydrogen-bond acceptors (Lipinski definition) is 4. The van der Waals surface area contributed by atoms with Gasteiger partial charge in [-0.05, 0) is 38.8 Å². The number of aliphatic hydroxyl groups is 1. The van der Waals surface area contributed by atoms with Crippen LogP contribution in [-0.4, -0.2) is 46.7 Å². The number of carbonyl (C=O) groups excluding carboxylic acids is 2. The standard InChI is InChI=1S/C16H22N2O4/c1-10-6-5-7-11(2)13(10)22-9-12(19)8-18-14(20)16(3,4)17-15(18)21/h5-7,12,19H,8-9H2,1-4H3,(H,17,21). The van der Waals surface area contributed by atoms with Crippen molar-refractivity contribution in [2.24, 2.45) is 0 Å². The molecule has 6 heteroatoms. The number of nitrogens with zero attached hydrogens (tertiary/aromatic N) is 1. The van der Waals surface area contributed by atoms with Crippen molar-refractivity contribution < 1.29 is 19.4 Å². The summed E-state index contributed by atoms with van der Waals surface area (Å²) in [6.07, 6.45) is -0.942. The SMILES string of the molecule is Cc1cccc(C)c1OCC(O)CN1C(=O)NC(C)(C)C1=O. The first kappa shape index (κ1) is 16.3. The lowest BCUT2D eigenvalue weighted by molar-refractivity contribution is -0.131. The lowest BCUT2D eigenvalue weighted by Crippen LogP contribution is -2.42. The maximum atomic E-state index is 12.0. The van der Waals surface area contributed by atoms with Crippen molar-refractivity contribution in [2.45, 2.75) is 39.3 Å². The maximum absolute atomic E-state index is 12.0. The van der Waals surface area contributed by atoms with E-state index in [0.29, 0.717) is 0 Å². The number of carbonyl (C=O) groups is 2. The molecule has 1 aliphatic heterocycles. The van der Waals surface area contributed by atoms with E-state index in [2.05, 4.69) is 5.32 Å². The van der Waals surface area contributed by atoms with E-state index < -0.39 is 17.7 Å². The number of urea groups is 1. The van der Waals surface area contributed by atoms with Gasteiger partial charge >= 0.3 is 6.03 Å². The number of aliphatic hydroxyl groups excluding tert-OH is 1. The van der Waals surface area contributed by atoms with Crippen LogP contribution in [0.5, 0.6) is 5.75 Å². The van der Waals surface area contributed by atoms with Crippen LogP contribution in [0.1, 0.15) is 25.0 Å². The largest absolute Gasteiger partial charge is 0.490 e. The molecule has 0 aliphatic carbocycles. The third-order valence-electron chi connectivity index (χ3n) is 3.67. The van der Waals surface area contributed by atoms with Gasteiger partial charge in [-0.2, -0.15) is 0 Å². The number of hydrogen-bond donors (Lipinski definition) is 2. The highest BCUT2D eigenvalue weighted by molar-refractivity contribution is 6.06. The Bertz CT molecular complexity index is 578. The highest BCUT2D eigenvalue weighted by Crippen LogP contribution is 2.23. The molecule has 0 saturated carbocycles. The Morgan fingerprint density at radius 3 is 2.36 bits per heavy atom. The van der Waals surface area contributed by atoms with Crippen LogP contribution in [0.25, 0.3) is 0 Å². The van der Waals surface area contributed by atoms with Gasteiger partial charge in [-0.3, -0.25) is 9.69 Å². The Kier molecular flexibility index (Phi) is 4.42. The molecule has 0 bridgehead atoms. The average molecular weight is 306 g/mol. The molecule has 1 heterocycles. The van der Waals surface area contributed by atoms with Crippen molar-refractivity contribution in [2.75, 3.05) is 13.2 Å². The van der Waals surface area contributed by atoms with Crippen molar-refractivity contribution >= 4 is 11.9 Å². The fourth-order valence-electron chi connectivity index (χ4n) is 2.45. The lowest BCUT2D eigenvalue weighted by Gasteiger charge is -2.20. The molecule has 120 valence electrons. The highest BCUT2D eigenvalue weighted by Gasteiger charge is 2.44. The van der Waals surface area contributed by atoms with Crippen molar-refractivity contribution in [3.63, 3.8) is 0 Å². The van der Waals surface area contributed by atoms with Gasteiger partial charge in [-0.15, -0.1) is 0 Å². The van der Waals surface area contributed by atoms with Gasteiger partial charge in [0.2, 0.25) is 0 Å². The number of amides is 3. The first-order chi connectivity index (χ1) is 10.2. The normalized spacial score (nSPS) is 18.3. The Morgan fingerprint density at radius 2 is 1.86 bits per heavy atom. The van der Waals surface area contributed by atoms with Gasteiger partial charge in [-0.1, -0.05) is 18.2 Å². The number of para-hydroxylation sites is 1. The highest BCUT2D eigenvalue weighted by atomic mass is 16.5. The zero-order chi connectivity index (χ0) is 16.5. The molecule has 1 fully saturated rings. The third kappa shape index (κ3) is 3.22. The molecule has 6 nitrogen and oxygen atoms in total. The number of benzene rings is 1. The fraction of sp³-hybridized carbons (Fsp3) is 0.500. The summed E-state index contributed by atoms with van der Waals surface area (Å²) in [7, 11) is 0. The van der Waals surface area contributed by atoms with Gasteiger partial charge in [0.05, 0.1) is 6.54 Å². The summed E-state index contributed by atoms with van der Waals surface area (Å²) in [4.78, 5) is 24.8. The van der Waals surface area contributed by atoms with Gasteiger partial charge < -0.3 is 15.2 Å². The van der Waals surface area contributed by atoms with Crippen molar-refractivity contribution in [3.05, 3.63) is 29.3 Å². The first-order valence-corrected chi connectivity index (χ1v) is 7.23.